The van der Waals surface area contributed by atoms with Crippen LogP contribution in [0.4, 0.5) is 8.78 Å². The third-order valence-corrected chi connectivity index (χ3v) is 4.42. The highest BCUT2D eigenvalue weighted by Gasteiger charge is 2.27. The second kappa shape index (κ2) is 5.94. The van der Waals surface area contributed by atoms with Crippen molar-refractivity contribution in [3.8, 4) is 0 Å². The molecule has 7 heteroatoms. The average Bonchev–Trinajstić information content (AvgIpc) is 2.31. The molecule has 0 heterocycles. The van der Waals surface area contributed by atoms with E-state index in [0.717, 1.165) is 16.4 Å². The molecule has 0 bridgehead atoms. The van der Waals surface area contributed by atoms with Gasteiger partial charge in [0.2, 0.25) is 10.0 Å². The molecule has 0 amide bonds. The van der Waals surface area contributed by atoms with Gasteiger partial charge in [-0.05, 0) is 23.6 Å². The molecule has 19 heavy (non-hydrogen) atoms. The zero-order chi connectivity index (χ0) is 14.8. The molecule has 0 saturated heterocycles. The van der Waals surface area contributed by atoms with Gasteiger partial charge in [0, 0.05) is 20.1 Å². The molecular weight excluding hydrogens is 274 g/mol. The van der Waals surface area contributed by atoms with Gasteiger partial charge in [-0.25, -0.2) is 21.5 Å². The molecule has 1 aromatic rings. The molecule has 4 nitrogen and oxygen atoms in total. The molecule has 0 unspecified atom stereocenters. The normalized spacial score (nSPS) is 12.4. The first-order valence-corrected chi connectivity index (χ1v) is 7.28. The molecule has 0 fully saturated rings. The van der Waals surface area contributed by atoms with Gasteiger partial charge in [-0.1, -0.05) is 13.8 Å². The molecule has 1 rings (SSSR count). The van der Waals surface area contributed by atoms with Crippen molar-refractivity contribution in [3.05, 3.63) is 29.3 Å². The molecule has 0 atom stereocenters. The lowest BCUT2D eigenvalue weighted by Gasteiger charge is -2.20. The van der Waals surface area contributed by atoms with E-state index in [0.29, 0.717) is 0 Å². The predicted octanol–water partition coefficient (Wildman–Crippen LogP) is 1.70. The second-order valence-corrected chi connectivity index (χ2v) is 6.79. The van der Waals surface area contributed by atoms with Crippen LogP contribution in [0.3, 0.4) is 0 Å². The van der Waals surface area contributed by atoms with Crippen LogP contribution in [-0.2, 0) is 16.6 Å². The van der Waals surface area contributed by atoms with Crippen LogP contribution < -0.4 is 5.73 Å². The Bertz CT molecular complexity index is 559. The zero-order valence-electron chi connectivity index (χ0n) is 11.2. The lowest BCUT2D eigenvalue weighted by Crippen LogP contribution is -2.31. The summed E-state index contributed by atoms with van der Waals surface area (Å²) in [4.78, 5) is -0.670. The van der Waals surface area contributed by atoms with Gasteiger partial charge in [0.1, 0.15) is 4.90 Å². The monoisotopic (exact) mass is 292 g/mol. The Hall–Kier alpha value is -1.05. The minimum absolute atomic E-state index is 0.0619. The van der Waals surface area contributed by atoms with E-state index in [1.807, 2.05) is 13.8 Å². The Morgan fingerprint density at radius 2 is 1.89 bits per heavy atom. The van der Waals surface area contributed by atoms with Crippen molar-refractivity contribution in [1.82, 2.24) is 4.31 Å². The summed E-state index contributed by atoms with van der Waals surface area (Å²) in [5, 5.41) is 0. The minimum atomic E-state index is -4.06. The smallest absolute Gasteiger partial charge is 0.245 e. The van der Waals surface area contributed by atoms with Crippen LogP contribution in [0.2, 0.25) is 0 Å². The van der Waals surface area contributed by atoms with Crippen molar-refractivity contribution < 1.29 is 17.2 Å². The first-order chi connectivity index (χ1) is 8.70. The first-order valence-electron chi connectivity index (χ1n) is 5.84. The van der Waals surface area contributed by atoms with Crippen molar-refractivity contribution in [2.75, 3.05) is 13.6 Å². The van der Waals surface area contributed by atoms with E-state index < -0.39 is 26.6 Å². The Kier molecular flexibility index (Phi) is 5.00. The van der Waals surface area contributed by atoms with Gasteiger partial charge < -0.3 is 5.73 Å². The second-order valence-electron chi connectivity index (χ2n) is 4.77. The van der Waals surface area contributed by atoms with Crippen molar-refractivity contribution in [2.45, 2.75) is 25.3 Å². The van der Waals surface area contributed by atoms with E-state index >= 15 is 0 Å². The molecule has 0 saturated carbocycles. The van der Waals surface area contributed by atoms with Gasteiger partial charge >= 0.3 is 0 Å². The fourth-order valence-electron chi connectivity index (χ4n) is 1.70. The first kappa shape index (κ1) is 16.0. The predicted molar refractivity (Wildman–Crippen MR) is 68.9 cm³/mol. The average molecular weight is 292 g/mol. The quantitative estimate of drug-likeness (QED) is 0.898. The maximum absolute atomic E-state index is 13.7. The van der Waals surface area contributed by atoms with E-state index in [4.69, 9.17) is 5.73 Å². The Labute approximate surface area is 112 Å². The number of nitrogens with two attached hydrogens (primary N) is 1. The number of sulfonamides is 1. The third-order valence-electron chi connectivity index (χ3n) is 2.60. The van der Waals surface area contributed by atoms with Crippen LogP contribution in [0, 0.1) is 17.6 Å². The van der Waals surface area contributed by atoms with Gasteiger partial charge in [0.05, 0.1) is 0 Å². The van der Waals surface area contributed by atoms with Gasteiger partial charge in [0.25, 0.3) is 0 Å². The summed E-state index contributed by atoms with van der Waals surface area (Å²) in [5.74, 6) is -2.50. The molecule has 108 valence electrons. The van der Waals surface area contributed by atoms with Crippen molar-refractivity contribution in [1.29, 1.82) is 0 Å². The van der Waals surface area contributed by atoms with Crippen molar-refractivity contribution in [3.63, 3.8) is 0 Å². The number of rotatable bonds is 5. The van der Waals surface area contributed by atoms with Crippen LogP contribution in [-0.4, -0.2) is 26.3 Å². The molecule has 0 aromatic heterocycles. The van der Waals surface area contributed by atoms with Crippen LogP contribution >= 0.6 is 0 Å². The van der Waals surface area contributed by atoms with E-state index in [1.165, 1.54) is 7.05 Å². The molecule has 0 spiro atoms. The molecular formula is C12H18F2N2O2S. The number of benzene rings is 1. The topological polar surface area (TPSA) is 63.4 Å². The molecule has 0 aliphatic heterocycles. The third kappa shape index (κ3) is 3.49. The van der Waals surface area contributed by atoms with Gasteiger partial charge in [-0.3, -0.25) is 0 Å². The number of hydrogen-bond acceptors (Lipinski definition) is 3. The fraction of sp³-hybridized carbons (Fsp3) is 0.500. The minimum Gasteiger partial charge on any atom is -0.326 e. The maximum atomic E-state index is 13.7. The van der Waals surface area contributed by atoms with Crippen LogP contribution in [0.1, 0.15) is 19.4 Å². The van der Waals surface area contributed by atoms with Crippen molar-refractivity contribution in [2.24, 2.45) is 11.7 Å². The van der Waals surface area contributed by atoms with Crippen LogP contribution in [0.25, 0.3) is 0 Å². The summed E-state index contributed by atoms with van der Waals surface area (Å²) < 4.78 is 52.4. The lowest BCUT2D eigenvalue weighted by molar-refractivity contribution is 0.410. The molecule has 2 N–H and O–H groups in total. The Morgan fingerprint density at radius 1 is 1.32 bits per heavy atom. The molecule has 1 aromatic carbocycles. The standard InChI is InChI=1S/C12H18F2N2O2S/c1-8(2)7-16(3)19(17,18)11-5-9(6-15)4-10(13)12(11)14/h4-5,8H,6-7,15H2,1-3H3. The highest BCUT2D eigenvalue weighted by Crippen LogP contribution is 2.23. The SMILES string of the molecule is CC(C)CN(C)S(=O)(=O)c1cc(CN)cc(F)c1F. The number of nitrogens with zero attached hydrogens (tertiary/aromatic N) is 1. The Balaban J connectivity index is 3.32. The largest absolute Gasteiger partial charge is 0.326 e. The summed E-state index contributed by atoms with van der Waals surface area (Å²) in [6, 6.07) is 1.97. The van der Waals surface area contributed by atoms with Crippen LogP contribution in [0.15, 0.2) is 17.0 Å². The summed E-state index contributed by atoms with van der Waals surface area (Å²) in [5.41, 5.74) is 5.57. The summed E-state index contributed by atoms with van der Waals surface area (Å²) in [6.07, 6.45) is 0. The highest BCUT2D eigenvalue weighted by molar-refractivity contribution is 7.89. The summed E-state index contributed by atoms with van der Waals surface area (Å²) in [6.45, 7) is 3.82. The lowest BCUT2D eigenvalue weighted by atomic mass is 10.2. The van der Waals surface area contributed by atoms with E-state index in [2.05, 4.69) is 0 Å². The number of hydrogen-bond donors (Lipinski definition) is 1. The maximum Gasteiger partial charge on any atom is 0.245 e. The van der Waals surface area contributed by atoms with Gasteiger partial charge in [0.15, 0.2) is 11.6 Å². The number of halogens is 2. The summed E-state index contributed by atoms with van der Waals surface area (Å²) in [7, 11) is -2.72. The van der Waals surface area contributed by atoms with E-state index in [1.54, 1.807) is 0 Å². The van der Waals surface area contributed by atoms with E-state index in [9.17, 15) is 17.2 Å². The molecule has 0 radical (unpaired) electrons. The van der Waals surface area contributed by atoms with Gasteiger partial charge in [-0.15, -0.1) is 0 Å². The van der Waals surface area contributed by atoms with Crippen LogP contribution in [0.5, 0.6) is 0 Å². The summed E-state index contributed by atoms with van der Waals surface area (Å²) >= 11 is 0. The Morgan fingerprint density at radius 3 is 2.37 bits per heavy atom. The molecule has 0 aliphatic carbocycles. The zero-order valence-corrected chi connectivity index (χ0v) is 12.0. The van der Waals surface area contributed by atoms with Crippen molar-refractivity contribution >= 4 is 10.0 Å². The van der Waals surface area contributed by atoms with E-state index in [-0.39, 0.29) is 24.6 Å². The highest BCUT2D eigenvalue weighted by atomic mass is 32.2. The fourth-order valence-corrected chi connectivity index (χ4v) is 3.16. The molecule has 0 aliphatic rings. The van der Waals surface area contributed by atoms with Gasteiger partial charge in [-0.2, -0.15) is 0 Å².